The summed E-state index contributed by atoms with van der Waals surface area (Å²) < 4.78 is 56.2. The number of anilines is 2. The molecule has 2 aliphatic heterocycles. The van der Waals surface area contributed by atoms with Crippen molar-refractivity contribution in [1.29, 1.82) is 0 Å². The molecule has 3 heterocycles. The van der Waals surface area contributed by atoms with Gasteiger partial charge in [0.05, 0.1) is 22.5 Å². The van der Waals surface area contributed by atoms with Gasteiger partial charge in [0.2, 0.25) is 5.56 Å². The lowest BCUT2D eigenvalue weighted by atomic mass is 10.0. The van der Waals surface area contributed by atoms with Crippen LogP contribution >= 0.6 is 0 Å². The number of rotatable bonds is 4. The first-order valence-electron chi connectivity index (χ1n) is 11.8. The van der Waals surface area contributed by atoms with Crippen molar-refractivity contribution in [3.63, 3.8) is 0 Å². The highest BCUT2D eigenvalue weighted by Crippen LogP contribution is 2.37. The number of likely N-dealkylation sites (N-methyl/N-ethyl adjacent to an activating group) is 1. The average Bonchev–Trinajstić information content (AvgIpc) is 3.33. The largest absolute Gasteiger partial charge is 0.530 e. The molecule has 13 heteroatoms. The summed E-state index contributed by atoms with van der Waals surface area (Å²) >= 11 is 0. The number of aromatic amines is 1. The Labute approximate surface area is 215 Å². The smallest absolute Gasteiger partial charge is 0.417 e. The molecule has 0 bridgehead atoms. The number of benzene rings is 1. The number of carbonyl (C=O) groups is 2. The lowest BCUT2D eigenvalue weighted by molar-refractivity contribution is -0.263. The normalized spacial score (nSPS) is 20.4. The number of nitrogens with one attached hydrogen (secondary N) is 2. The van der Waals surface area contributed by atoms with Gasteiger partial charge in [0, 0.05) is 56.1 Å². The standard InChI is InChI=1S/C25H27F4N5O4/c1-13-10-34(11-14(2)32(13)3)21-8-19(26)16(15-4-5-33(12-15)24(37)38)6-20(21)31-23(36)17-9-30-22(35)7-18(17)25(27,28)29/h4,6-9,13-14H,5,10-12H2,1-3H3,(H,30,35)(H,31,36)(H,37,38)/p-1/t13-,14+. The van der Waals surface area contributed by atoms with Gasteiger partial charge in [-0.25, -0.2) is 4.39 Å². The molecule has 4 rings (SSSR count). The predicted molar refractivity (Wildman–Crippen MR) is 130 cm³/mol. The topological polar surface area (TPSA) is 112 Å². The second-order valence-corrected chi connectivity index (χ2v) is 9.57. The molecule has 1 saturated heterocycles. The molecule has 0 radical (unpaired) electrons. The maximum Gasteiger partial charge on any atom is 0.417 e. The van der Waals surface area contributed by atoms with Crippen LogP contribution in [-0.2, 0) is 6.18 Å². The second kappa shape index (κ2) is 10.1. The first-order chi connectivity index (χ1) is 17.8. The summed E-state index contributed by atoms with van der Waals surface area (Å²) in [5.74, 6) is -1.83. The molecule has 1 fully saturated rings. The van der Waals surface area contributed by atoms with E-state index in [9.17, 15) is 32.7 Å². The summed E-state index contributed by atoms with van der Waals surface area (Å²) in [6.45, 7) is 4.69. The van der Waals surface area contributed by atoms with E-state index in [2.05, 4.69) is 15.2 Å². The Morgan fingerprint density at radius 2 is 1.79 bits per heavy atom. The number of carbonyl (C=O) groups excluding carboxylic acids is 2. The van der Waals surface area contributed by atoms with Gasteiger partial charge in [0.25, 0.3) is 5.91 Å². The Bertz CT molecular complexity index is 1340. The fourth-order valence-corrected chi connectivity index (χ4v) is 4.74. The van der Waals surface area contributed by atoms with Crippen molar-refractivity contribution in [3.05, 3.63) is 63.3 Å². The molecular weight excluding hydrogens is 510 g/mol. The molecule has 2 atom stereocenters. The van der Waals surface area contributed by atoms with Gasteiger partial charge < -0.3 is 30.0 Å². The molecule has 0 spiro atoms. The van der Waals surface area contributed by atoms with Gasteiger partial charge in [-0.2, -0.15) is 13.2 Å². The molecule has 0 aliphatic carbocycles. The van der Waals surface area contributed by atoms with Gasteiger partial charge in [-0.05, 0) is 38.6 Å². The maximum atomic E-state index is 15.4. The van der Waals surface area contributed by atoms with Crippen LogP contribution in [0.3, 0.4) is 0 Å². The number of hydrogen-bond donors (Lipinski definition) is 2. The van der Waals surface area contributed by atoms with Gasteiger partial charge in [-0.1, -0.05) is 6.08 Å². The second-order valence-electron chi connectivity index (χ2n) is 9.57. The summed E-state index contributed by atoms with van der Waals surface area (Å²) in [6, 6.07) is 2.88. The van der Waals surface area contributed by atoms with E-state index >= 15 is 4.39 Å². The first-order valence-corrected chi connectivity index (χ1v) is 11.8. The molecule has 2 N–H and O–H groups in total. The van der Waals surface area contributed by atoms with Crippen molar-refractivity contribution in [2.45, 2.75) is 32.1 Å². The zero-order valence-electron chi connectivity index (χ0n) is 20.9. The third-order valence-electron chi connectivity index (χ3n) is 7.03. The number of halogens is 4. The van der Waals surface area contributed by atoms with Crippen LogP contribution in [-0.4, -0.2) is 72.1 Å². The highest BCUT2D eigenvalue weighted by Gasteiger charge is 2.36. The molecular formula is C25H26F4N5O4-. The van der Waals surface area contributed by atoms with Gasteiger partial charge in [0.1, 0.15) is 11.9 Å². The molecule has 38 heavy (non-hydrogen) atoms. The number of alkyl halides is 3. The molecule has 0 unspecified atom stereocenters. The van der Waals surface area contributed by atoms with Crippen LogP contribution in [0.1, 0.15) is 35.3 Å². The van der Waals surface area contributed by atoms with E-state index in [1.807, 2.05) is 25.8 Å². The van der Waals surface area contributed by atoms with Crippen molar-refractivity contribution >= 4 is 28.9 Å². The fourth-order valence-electron chi connectivity index (χ4n) is 4.74. The van der Waals surface area contributed by atoms with Crippen molar-refractivity contribution in [3.8, 4) is 0 Å². The monoisotopic (exact) mass is 536 g/mol. The zero-order valence-corrected chi connectivity index (χ0v) is 20.9. The van der Waals surface area contributed by atoms with E-state index < -0.39 is 40.7 Å². The van der Waals surface area contributed by atoms with Crippen LogP contribution in [0.25, 0.3) is 5.57 Å². The maximum absolute atomic E-state index is 15.4. The molecule has 1 aromatic heterocycles. The predicted octanol–water partition coefficient (Wildman–Crippen LogP) is 2.36. The third kappa shape index (κ3) is 5.37. The molecule has 0 saturated carbocycles. The molecule has 2 amide bonds. The highest BCUT2D eigenvalue weighted by molar-refractivity contribution is 6.07. The number of aromatic nitrogens is 1. The summed E-state index contributed by atoms with van der Waals surface area (Å²) in [6.07, 6.45) is -4.21. The number of H-pyrrole nitrogens is 1. The Morgan fingerprint density at radius 3 is 2.37 bits per heavy atom. The van der Waals surface area contributed by atoms with Gasteiger partial charge in [0.15, 0.2) is 0 Å². The van der Waals surface area contributed by atoms with Crippen LogP contribution < -0.4 is 20.9 Å². The average molecular weight is 537 g/mol. The Hall–Kier alpha value is -3.87. The van der Waals surface area contributed by atoms with Crippen molar-refractivity contribution in [1.82, 2.24) is 14.8 Å². The van der Waals surface area contributed by atoms with Crippen molar-refractivity contribution in [2.24, 2.45) is 0 Å². The third-order valence-corrected chi connectivity index (χ3v) is 7.03. The lowest BCUT2D eigenvalue weighted by Gasteiger charge is -2.44. The highest BCUT2D eigenvalue weighted by atomic mass is 19.4. The minimum Gasteiger partial charge on any atom is -0.530 e. The van der Waals surface area contributed by atoms with Crippen molar-refractivity contribution < 1.29 is 32.3 Å². The quantitative estimate of drug-likeness (QED) is 0.581. The number of nitrogens with zero attached hydrogens (tertiary/aromatic N) is 3. The van der Waals surface area contributed by atoms with Crippen LogP contribution in [0.4, 0.5) is 33.7 Å². The first kappa shape index (κ1) is 27.2. The van der Waals surface area contributed by atoms with Crippen LogP contribution in [0.2, 0.25) is 0 Å². The van der Waals surface area contributed by atoms with E-state index in [1.165, 1.54) is 18.2 Å². The van der Waals surface area contributed by atoms with Crippen LogP contribution in [0.5, 0.6) is 0 Å². The number of hydrogen-bond acceptors (Lipinski definition) is 6. The van der Waals surface area contributed by atoms with Crippen LogP contribution in [0, 0.1) is 5.82 Å². The van der Waals surface area contributed by atoms with E-state index in [1.54, 1.807) is 0 Å². The summed E-state index contributed by atoms with van der Waals surface area (Å²) in [7, 11) is 1.95. The number of piperazine rings is 1. The summed E-state index contributed by atoms with van der Waals surface area (Å²) in [5.41, 5.74) is -2.61. The van der Waals surface area contributed by atoms with Gasteiger partial charge in [-0.3, -0.25) is 14.5 Å². The number of carboxylic acid groups (broad SMARTS) is 1. The van der Waals surface area contributed by atoms with Crippen molar-refractivity contribution in [2.75, 3.05) is 43.4 Å². The molecule has 204 valence electrons. The Balaban J connectivity index is 1.77. The summed E-state index contributed by atoms with van der Waals surface area (Å²) in [5, 5.41) is 13.7. The molecule has 2 aliphatic rings. The minimum atomic E-state index is -4.97. The van der Waals surface area contributed by atoms with E-state index in [0.29, 0.717) is 30.9 Å². The fraction of sp³-hybridized carbons (Fsp3) is 0.400. The molecule has 9 nitrogen and oxygen atoms in total. The molecule has 1 aromatic carbocycles. The zero-order chi connectivity index (χ0) is 27.9. The van der Waals surface area contributed by atoms with E-state index in [4.69, 9.17) is 0 Å². The number of amides is 2. The molecule has 2 aromatic rings. The minimum absolute atomic E-state index is 0.000498. The Morgan fingerprint density at radius 1 is 1.13 bits per heavy atom. The SMILES string of the molecule is C[C@@H]1CN(c2cc(F)c(C3=CCN(C(=O)[O-])C3)cc2NC(=O)c2c[nH]c(=O)cc2C(F)(F)F)C[C@H](C)N1C. The lowest BCUT2D eigenvalue weighted by Crippen LogP contribution is -2.55. The summed E-state index contributed by atoms with van der Waals surface area (Å²) in [4.78, 5) is 42.9. The van der Waals surface area contributed by atoms with Gasteiger partial charge >= 0.3 is 6.18 Å². The van der Waals surface area contributed by atoms with E-state index in [0.717, 1.165) is 4.90 Å². The number of pyridine rings is 1. The Kier molecular flexibility index (Phi) is 7.24. The van der Waals surface area contributed by atoms with Crippen LogP contribution in [0.15, 0.2) is 35.3 Å². The van der Waals surface area contributed by atoms with E-state index in [-0.39, 0.29) is 42.1 Å². The van der Waals surface area contributed by atoms with Gasteiger partial charge in [-0.15, -0.1) is 0 Å².